The summed E-state index contributed by atoms with van der Waals surface area (Å²) in [4.78, 5) is 0. The van der Waals surface area contributed by atoms with Gasteiger partial charge >= 0.3 is 0 Å². The van der Waals surface area contributed by atoms with Crippen LogP contribution in [0.4, 0.5) is 0 Å². The minimum Gasteiger partial charge on any atom is -0.508 e. The molecule has 2 rings (SSSR count). The lowest BCUT2D eigenvalue weighted by molar-refractivity contribution is 0.465. The van der Waals surface area contributed by atoms with E-state index in [0.29, 0.717) is 0 Å². The van der Waals surface area contributed by atoms with Crippen molar-refractivity contribution in [2.24, 2.45) is 5.73 Å². The number of halogens is 1. The Morgan fingerprint density at radius 1 is 1.31 bits per heavy atom. The Morgan fingerprint density at radius 3 is 2.69 bits per heavy atom. The van der Waals surface area contributed by atoms with E-state index in [1.807, 2.05) is 35.9 Å². The molecule has 0 amide bonds. The Hall–Kier alpha value is -1.03. The fourth-order valence-electron chi connectivity index (χ4n) is 1.55. The minimum absolute atomic E-state index is 0. The van der Waals surface area contributed by atoms with E-state index in [1.54, 1.807) is 17.4 Å². The molecular formula is C12H14ClNOS. The first-order valence-corrected chi connectivity index (χ1v) is 5.70. The summed E-state index contributed by atoms with van der Waals surface area (Å²) in [7, 11) is 0. The quantitative estimate of drug-likeness (QED) is 0.866. The summed E-state index contributed by atoms with van der Waals surface area (Å²) in [5, 5.41) is 13.7. The average Bonchev–Trinajstić information content (AvgIpc) is 2.74. The number of phenolic OH excluding ortho intramolecular Hbond substituents is 1. The van der Waals surface area contributed by atoms with E-state index in [4.69, 9.17) is 5.73 Å². The number of nitrogens with two attached hydrogens (primary N) is 1. The standard InChI is InChI=1S/C12H13NOS.ClH/c1-8-2-3-11(14)10(6-8)12(13)9-4-5-15-7-9;/h2-7,12,14H,13H2,1H3;1H/t12-;/m1./s1. The van der Waals surface area contributed by atoms with Gasteiger partial charge in [-0.25, -0.2) is 0 Å². The van der Waals surface area contributed by atoms with Crippen LogP contribution in [-0.2, 0) is 0 Å². The number of aryl methyl sites for hydroxylation is 1. The first-order valence-electron chi connectivity index (χ1n) is 4.75. The Labute approximate surface area is 105 Å². The van der Waals surface area contributed by atoms with Crippen LogP contribution in [0, 0.1) is 6.92 Å². The summed E-state index contributed by atoms with van der Waals surface area (Å²) < 4.78 is 0. The van der Waals surface area contributed by atoms with Crippen molar-refractivity contribution in [1.29, 1.82) is 0 Å². The predicted molar refractivity (Wildman–Crippen MR) is 70.4 cm³/mol. The molecule has 0 saturated carbocycles. The van der Waals surface area contributed by atoms with E-state index in [-0.39, 0.29) is 24.2 Å². The maximum Gasteiger partial charge on any atom is 0.120 e. The van der Waals surface area contributed by atoms with Crippen molar-refractivity contribution in [2.75, 3.05) is 0 Å². The van der Waals surface area contributed by atoms with Gasteiger partial charge in [-0.2, -0.15) is 11.3 Å². The second-order valence-corrected chi connectivity index (χ2v) is 4.38. The van der Waals surface area contributed by atoms with E-state index in [1.165, 1.54) is 0 Å². The molecule has 2 aromatic rings. The van der Waals surface area contributed by atoms with E-state index in [0.717, 1.165) is 16.7 Å². The normalized spacial score (nSPS) is 11.9. The highest BCUT2D eigenvalue weighted by molar-refractivity contribution is 7.08. The van der Waals surface area contributed by atoms with E-state index in [2.05, 4.69) is 0 Å². The molecule has 0 fully saturated rings. The molecule has 0 saturated heterocycles. The molecule has 0 bridgehead atoms. The summed E-state index contributed by atoms with van der Waals surface area (Å²) in [5.74, 6) is 0.263. The zero-order valence-electron chi connectivity index (χ0n) is 8.88. The van der Waals surface area contributed by atoms with Crippen LogP contribution in [0.15, 0.2) is 35.0 Å². The molecule has 86 valence electrons. The van der Waals surface area contributed by atoms with E-state index >= 15 is 0 Å². The van der Waals surface area contributed by atoms with Crippen LogP contribution in [0.2, 0.25) is 0 Å². The van der Waals surface area contributed by atoms with Crippen LogP contribution in [-0.4, -0.2) is 5.11 Å². The summed E-state index contributed by atoms with van der Waals surface area (Å²) in [6.07, 6.45) is 0. The van der Waals surface area contributed by atoms with Crippen molar-refractivity contribution in [2.45, 2.75) is 13.0 Å². The van der Waals surface area contributed by atoms with Gasteiger partial charge in [-0.1, -0.05) is 17.7 Å². The van der Waals surface area contributed by atoms with Crippen molar-refractivity contribution in [3.8, 4) is 5.75 Å². The van der Waals surface area contributed by atoms with Gasteiger partial charge in [0.05, 0.1) is 6.04 Å². The Morgan fingerprint density at radius 2 is 2.06 bits per heavy atom. The molecule has 0 aliphatic rings. The van der Waals surface area contributed by atoms with Gasteiger partial charge in [0.1, 0.15) is 5.75 Å². The maximum atomic E-state index is 9.73. The fraction of sp³-hybridized carbons (Fsp3) is 0.167. The first-order chi connectivity index (χ1) is 7.18. The molecule has 1 atom stereocenters. The van der Waals surface area contributed by atoms with Gasteiger partial charge in [0, 0.05) is 5.56 Å². The number of hydrogen-bond donors (Lipinski definition) is 2. The SMILES string of the molecule is Cc1ccc(O)c([C@H](N)c2ccsc2)c1.Cl. The van der Waals surface area contributed by atoms with Crippen molar-refractivity contribution in [3.05, 3.63) is 51.7 Å². The lowest BCUT2D eigenvalue weighted by atomic mass is 9.99. The smallest absolute Gasteiger partial charge is 0.120 e. The Bertz CT molecular complexity index is 456. The van der Waals surface area contributed by atoms with Gasteiger partial charge in [-0.05, 0) is 35.4 Å². The molecule has 4 heteroatoms. The van der Waals surface area contributed by atoms with Gasteiger partial charge < -0.3 is 10.8 Å². The van der Waals surface area contributed by atoms with Gasteiger partial charge in [-0.3, -0.25) is 0 Å². The molecule has 0 unspecified atom stereocenters. The number of rotatable bonds is 2. The molecule has 1 aromatic heterocycles. The largest absolute Gasteiger partial charge is 0.508 e. The van der Waals surface area contributed by atoms with Crippen LogP contribution in [0.25, 0.3) is 0 Å². The monoisotopic (exact) mass is 255 g/mol. The number of thiophene rings is 1. The second kappa shape index (κ2) is 5.34. The number of hydrogen-bond acceptors (Lipinski definition) is 3. The van der Waals surface area contributed by atoms with Gasteiger partial charge in [0.25, 0.3) is 0 Å². The second-order valence-electron chi connectivity index (χ2n) is 3.60. The molecule has 16 heavy (non-hydrogen) atoms. The highest BCUT2D eigenvalue weighted by atomic mass is 35.5. The summed E-state index contributed by atoms with van der Waals surface area (Å²) in [5.41, 5.74) is 9.01. The van der Waals surface area contributed by atoms with Crippen molar-refractivity contribution >= 4 is 23.7 Å². The topological polar surface area (TPSA) is 46.2 Å². The summed E-state index contributed by atoms with van der Waals surface area (Å²) >= 11 is 1.61. The molecule has 0 radical (unpaired) electrons. The predicted octanol–water partition coefficient (Wildman–Crippen LogP) is 3.23. The van der Waals surface area contributed by atoms with Crippen molar-refractivity contribution < 1.29 is 5.11 Å². The number of phenols is 1. The summed E-state index contributed by atoms with van der Waals surface area (Å²) in [6, 6.07) is 7.24. The molecule has 0 aliphatic carbocycles. The molecule has 2 nitrogen and oxygen atoms in total. The summed E-state index contributed by atoms with van der Waals surface area (Å²) in [6.45, 7) is 1.99. The molecule has 0 aliphatic heterocycles. The lowest BCUT2D eigenvalue weighted by Crippen LogP contribution is -2.11. The maximum absolute atomic E-state index is 9.73. The van der Waals surface area contributed by atoms with E-state index < -0.39 is 0 Å². The Balaban J connectivity index is 0.00000128. The molecular weight excluding hydrogens is 242 g/mol. The van der Waals surface area contributed by atoms with E-state index in [9.17, 15) is 5.11 Å². The van der Waals surface area contributed by atoms with Gasteiger partial charge in [-0.15, -0.1) is 12.4 Å². The van der Waals surface area contributed by atoms with Gasteiger partial charge in [0.2, 0.25) is 0 Å². The third kappa shape index (κ3) is 2.55. The number of benzene rings is 1. The highest BCUT2D eigenvalue weighted by Crippen LogP contribution is 2.29. The number of aromatic hydroxyl groups is 1. The average molecular weight is 256 g/mol. The van der Waals surface area contributed by atoms with Crippen LogP contribution in [0.3, 0.4) is 0 Å². The van der Waals surface area contributed by atoms with Crippen LogP contribution in [0.1, 0.15) is 22.7 Å². The van der Waals surface area contributed by atoms with Crippen LogP contribution in [0.5, 0.6) is 5.75 Å². The first kappa shape index (κ1) is 13.0. The molecule has 0 spiro atoms. The minimum atomic E-state index is -0.240. The van der Waals surface area contributed by atoms with Crippen molar-refractivity contribution in [1.82, 2.24) is 0 Å². The van der Waals surface area contributed by atoms with Crippen LogP contribution >= 0.6 is 23.7 Å². The third-order valence-electron chi connectivity index (χ3n) is 2.42. The van der Waals surface area contributed by atoms with Crippen LogP contribution < -0.4 is 5.73 Å². The zero-order valence-corrected chi connectivity index (χ0v) is 10.5. The highest BCUT2D eigenvalue weighted by Gasteiger charge is 2.13. The molecule has 1 heterocycles. The van der Waals surface area contributed by atoms with Crippen molar-refractivity contribution in [3.63, 3.8) is 0 Å². The lowest BCUT2D eigenvalue weighted by Gasteiger charge is -2.13. The zero-order chi connectivity index (χ0) is 10.8. The molecule has 1 aromatic carbocycles. The fourth-order valence-corrected chi connectivity index (χ4v) is 2.25. The molecule has 3 N–H and O–H groups in total. The third-order valence-corrected chi connectivity index (χ3v) is 3.12. The van der Waals surface area contributed by atoms with Gasteiger partial charge in [0.15, 0.2) is 0 Å². The Kier molecular flexibility index (Phi) is 4.35.